The minimum absolute atomic E-state index is 0.395. The lowest BCUT2D eigenvalue weighted by atomic mass is 10.2. The second kappa shape index (κ2) is 5.31. The number of pyridine rings is 1. The van der Waals surface area contributed by atoms with Crippen LogP contribution in [0.4, 0.5) is 5.82 Å². The second-order valence-corrected chi connectivity index (χ2v) is 4.51. The van der Waals surface area contributed by atoms with Crippen molar-refractivity contribution < 1.29 is 0 Å². The number of nitrogens with zero attached hydrogens (tertiary/aromatic N) is 3. The van der Waals surface area contributed by atoms with E-state index in [4.69, 9.17) is 11.6 Å². The standard InChI is InChI=1S/C13H15ClN4/c1-8-5-4-6-15-11(8)7-16-13-12(14)17-9(2)10(3)18-13/h4-6H,7H2,1-3H3,(H,16,18). The van der Waals surface area contributed by atoms with Gasteiger partial charge in [0, 0.05) is 6.20 Å². The van der Waals surface area contributed by atoms with Crippen molar-refractivity contribution in [1.29, 1.82) is 0 Å². The van der Waals surface area contributed by atoms with Gasteiger partial charge in [-0.05, 0) is 32.4 Å². The molecule has 0 saturated carbocycles. The molecule has 94 valence electrons. The Bertz CT molecular complexity index is 569. The van der Waals surface area contributed by atoms with Crippen molar-refractivity contribution in [2.45, 2.75) is 27.3 Å². The molecule has 0 aliphatic heterocycles. The third kappa shape index (κ3) is 2.76. The van der Waals surface area contributed by atoms with E-state index in [1.807, 2.05) is 32.9 Å². The summed E-state index contributed by atoms with van der Waals surface area (Å²) in [5, 5.41) is 3.57. The van der Waals surface area contributed by atoms with E-state index in [2.05, 4.69) is 20.3 Å². The van der Waals surface area contributed by atoms with Crippen LogP contribution in [0.5, 0.6) is 0 Å². The molecule has 4 nitrogen and oxygen atoms in total. The number of halogens is 1. The van der Waals surface area contributed by atoms with Gasteiger partial charge in [-0.3, -0.25) is 4.98 Å². The first kappa shape index (κ1) is 12.8. The van der Waals surface area contributed by atoms with Gasteiger partial charge in [-0.1, -0.05) is 17.7 Å². The van der Waals surface area contributed by atoms with Gasteiger partial charge in [0.05, 0.1) is 23.6 Å². The summed E-state index contributed by atoms with van der Waals surface area (Å²) in [6, 6.07) is 3.94. The van der Waals surface area contributed by atoms with Crippen molar-refractivity contribution in [3.05, 3.63) is 46.1 Å². The summed E-state index contributed by atoms with van der Waals surface area (Å²) in [7, 11) is 0. The molecule has 2 aromatic heterocycles. The van der Waals surface area contributed by atoms with E-state index in [1.54, 1.807) is 6.20 Å². The van der Waals surface area contributed by atoms with E-state index in [1.165, 1.54) is 0 Å². The zero-order valence-electron chi connectivity index (χ0n) is 10.7. The SMILES string of the molecule is Cc1cccnc1CNc1nc(C)c(C)nc1Cl. The first-order valence-corrected chi connectivity index (χ1v) is 6.11. The van der Waals surface area contributed by atoms with Crippen LogP contribution in [-0.2, 0) is 6.54 Å². The van der Waals surface area contributed by atoms with Gasteiger partial charge in [-0.15, -0.1) is 0 Å². The van der Waals surface area contributed by atoms with E-state index in [-0.39, 0.29) is 0 Å². The molecule has 18 heavy (non-hydrogen) atoms. The molecule has 0 unspecified atom stereocenters. The Morgan fingerprint density at radius 2 is 1.89 bits per heavy atom. The number of rotatable bonds is 3. The summed E-state index contributed by atoms with van der Waals surface area (Å²) in [4.78, 5) is 12.9. The molecular formula is C13H15ClN4. The van der Waals surface area contributed by atoms with Crippen molar-refractivity contribution in [1.82, 2.24) is 15.0 Å². The maximum Gasteiger partial charge on any atom is 0.171 e. The summed E-state index contributed by atoms with van der Waals surface area (Å²) in [6.45, 7) is 6.41. The Balaban J connectivity index is 2.16. The van der Waals surface area contributed by atoms with Gasteiger partial charge in [0.15, 0.2) is 11.0 Å². The zero-order chi connectivity index (χ0) is 13.1. The molecule has 0 saturated heterocycles. The van der Waals surface area contributed by atoms with Crippen LogP contribution >= 0.6 is 11.6 Å². The summed E-state index contributed by atoms with van der Waals surface area (Å²) in [5.74, 6) is 0.602. The Labute approximate surface area is 111 Å². The fourth-order valence-electron chi connectivity index (χ4n) is 1.56. The molecule has 0 spiro atoms. The fourth-order valence-corrected chi connectivity index (χ4v) is 1.80. The first-order valence-electron chi connectivity index (χ1n) is 5.73. The topological polar surface area (TPSA) is 50.7 Å². The van der Waals surface area contributed by atoms with Crippen LogP contribution < -0.4 is 5.32 Å². The predicted octanol–water partition coefficient (Wildman–Crippen LogP) is 3.06. The van der Waals surface area contributed by atoms with E-state index in [0.29, 0.717) is 17.5 Å². The van der Waals surface area contributed by atoms with Gasteiger partial charge < -0.3 is 5.32 Å². The van der Waals surface area contributed by atoms with Gasteiger partial charge in [0.2, 0.25) is 0 Å². The number of aromatic nitrogens is 3. The lowest BCUT2D eigenvalue weighted by Crippen LogP contribution is -2.07. The normalized spacial score (nSPS) is 10.4. The summed E-state index contributed by atoms with van der Waals surface area (Å²) in [6.07, 6.45) is 1.78. The van der Waals surface area contributed by atoms with Crippen molar-refractivity contribution >= 4 is 17.4 Å². The van der Waals surface area contributed by atoms with Crippen LogP contribution in [0.3, 0.4) is 0 Å². The molecular weight excluding hydrogens is 248 g/mol. The smallest absolute Gasteiger partial charge is 0.171 e. The van der Waals surface area contributed by atoms with Crippen LogP contribution in [-0.4, -0.2) is 15.0 Å². The molecule has 2 aromatic rings. The van der Waals surface area contributed by atoms with Crippen LogP contribution in [0.2, 0.25) is 5.15 Å². The van der Waals surface area contributed by atoms with Gasteiger partial charge in [0.25, 0.3) is 0 Å². The molecule has 0 fully saturated rings. The molecule has 0 aromatic carbocycles. The van der Waals surface area contributed by atoms with Crippen LogP contribution in [0, 0.1) is 20.8 Å². The lowest BCUT2D eigenvalue weighted by Gasteiger charge is -2.10. The van der Waals surface area contributed by atoms with Crippen LogP contribution in [0.25, 0.3) is 0 Å². The largest absolute Gasteiger partial charge is 0.362 e. The maximum absolute atomic E-state index is 6.05. The predicted molar refractivity (Wildman–Crippen MR) is 72.8 cm³/mol. The first-order chi connectivity index (χ1) is 8.58. The minimum atomic E-state index is 0.395. The molecule has 0 radical (unpaired) electrons. The van der Waals surface area contributed by atoms with Gasteiger partial charge in [-0.25, -0.2) is 9.97 Å². The van der Waals surface area contributed by atoms with E-state index >= 15 is 0 Å². The third-order valence-corrected chi connectivity index (χ3v) is 3.07. The van der Waals surface area contributed by atoms with Crippen molar-refractivity contribution in [3.63, 3.8) is 0 Å². The molecule has 5 heteroatoms. The van der Waals surface area contributed by atoms with Crippen LogP contribution in [0.15, 0.2) is 18.3 Å². The number of aryl methyl sites for hydroxylation is 3. The van der Waals surface area contributed by atoms with Gasteiger partial charge >= 0.3 is 0 Å². The number of hydrogen-bond acceptors (Lipinski definition) is 4. The monoisotopic (exact) mass is 262 g/mol. The highest BCUT2D eigenvalue weighted by molar-refractivity contribution is 6.31. The number of nitrogens with one attached hydrogen (secondary N) is 1. The molecule has 0 bridgehead atoms. The van der Waals surface area contributed by atoms with Gasteiger partial charge in [-0.2, -0.15) is 0 Å². The van der Waals surface area contributed by atoms with E-state index in [9.17, 15) is 0 Å². The maximum atomic E-state index is 6.05. The molecule has 0 amide bonds. The molecule has 0 aliphatic rings. The Hall–Kier alpha value is -1.68. The van der Waals surface area contributed by atoms with Crippen molar-refractivity contribution in [2.75, 3.05) is 5.32 Å². The minimum Gasteiger partial charge on any atom is -0.362 e. The molecule has 2 heterocycles. The quantitative estimate of drug-likeness (QED) is 0.924. The molecule has 2 rings (SSSR count). The highest BCUT2D eigenvalue weighted by atomic mass is 35.5. The Kier molecular flexibility index (Phi) is 3.77. The Morgan fingerprint density at radius 3 is 2.61 bits per heavy atom. The number of anilines is 1. The van der Waals surface area contributed by atoms with Gasteiger partial charge in [0.1, 0.15) is 0 Å². The highest BCUT2D eigenvalue weighted by Gasteiger charge is 2.07. The van der Waals surface area contributed by atoms with Crippen LogP contribution in [0.1, 0.15) is 22.6 Å². The van der Waals surface area contributed by atoms with Crippen molar-refractivity contribution in [3.8, 4) is 0 Å². The Morgan fingerprint density at radius 1 is 1.17 bits per heavy atom. The number of hydrogen-bond donors (Lipinski definition) is 1. The summed E-state index contributed by atoms with van der Waals surface area (Å²) in [5.41, 5.74) is 3.84. The molecule has 0 atom stereocenters. The van der Waals surface area contributed by atoms with E-state index in [0.717, 1.165) is 22.6 Å². The lowest BCUT2D eigenvalue weighted by molar-refractivity contribution is 0.977. The third-order valence-electron chi connectivity index (χ3n) is 2.81. The molecule has 0 aliphatic carbocycles. The second-order valence-electron chi connectivity index (χ2n) is 4.15. The average molecular weight is 263 g/mol. The zero-order valence-corrected chi connectivity index (χ0v) is 11.4. The highest BCUT2D eigenvalue weighted by Crippen LogP contribution is 2.19. The van der Waals surface area contributed by atoms with Crippen molar-refractivity contribution in [2.24, 2.45) is 0 Å². The molecule has 1 N–H and O–H groups in total. The fraction of sp³-hybridized carbons (Fsp3) is 0.308. The average Bonchev–Trinajstić information content (AvgIpc) is 2.34. The summed E-state index contributed by atoms with van der Waals surface area (Å²) < 4.78 is 0. The van der Waals surface area contributed by atoms with E-state index < -0.39 is 0 Å². The summed E-state index contributed by atoms with van der Waals surface area (Å²) >= 11 is 6.05.